The number of nitrogens with one attached hydrogen (secondary N) is 1. The molecule has 19 heavy (non-hydrogen) atoms. The van der Waals surface area contributed by atoms with Gasteiger partial charge in [-0.2, -0.15) is 0 Å². The summed E-state index contributed by atoms with van der Waals surface area (Å²) in [6.07, 6.45) is 0. The molecule has 0 heterocycles. The Balaban J connectivity index is 3.10. The van der Waals surface area contributed by atoms with Crippen molar-refractivity contribution in [3.8, 4) is 11.5 Å². The Labute approximate surface area is 111 Å². The van der Waals surface area contributed by atoms with Crippen molar-refractivity contribution in [2.24, 2.45) is 5.73 Å². The normalized spacial score (nSPS) is 11.1. The Hall–Kier alpha value is -1.82. The average Bonchev–Trinajstić information content (AvgIpc) is 2.37. The van der Waals surface area contributed by atoms with Gasteiger partial charge in [-0.3, -0.25) is 4.79 Å². The fourth-order valence-electron chi connectivity index (χ4n) is 1.45. The topological polar surface area (TPSA) is 73.6 Å². The first kappa shape index (κ1) is 15.2. The van der Waals surface area contributed by atoms with Crippen LogP contribution in [0.3, 0.4) is 0 Å². The largest absolute Gasteiger partial charge is 0.493 e. The van der Waals surface area contributed by atoms with E-state index in [1.165, 1.54) is 20.3 Å². The van der Waals surface area contributed by atoms with E-state index in [9.17, 15) is 9.18 Å². The maximum Gasteiger partial charge on any atom is 0.254 e. The number of nitrogens with two attached hydrogens (primary N) is 1. The lowest BCUT2D eigenvalue weighted by molar-refractivity contribution is 0.0911. The first-order chi connectivity index (χ1) is 8.84. The van der Waals surface area contributed by atoms with Gasteiger partial charge in [0, 0.05) is 18.2 Å². The average molecular weight is 270 g/mol. The summed E-state index contributed by atoms with van der Waals surface area (Å²) in [5.74, 6) is -0.703. The van der Waals surface area contributed by atoms with Crippen molar-refractivity contribution in [1.82, 2.24) is 5.32 Å². The van der Waals surface area contributed by atoms with Crippen molar-refractivity contribution < 1.29 is 18.7 Å². The second-order valence-corrected chi connectivity index (χ2v) is 4.73. The monoisotopic (exact) mass is 270 g/mol. The van der Waals surface area contributed by atoms with Gasteiger partial charge in [-0.25, -0.2) is 4.39 Å². The molecule has 1 aromatic rings. The third-order valence-corrected chi connectivity index (χ3v) is 2.68. The van der Waals surface area contributed by atoms with Crippen LogP contribution in [0.5, 0.6) is 11.5 Å². The molecule has 5 nitrogen and oxygen atoms in total. The Morgan fingerprint density at radius 1 is 1.32 bits per heavy atom. The molecule has 0 aliphatic rings. The van der Waals surface area contributed by atoms with Crippen LogP contribution in [0.1, 0.15) is 24.2 Å². The van der Waals surface area contributed by atoms with Gasteiger partial charge in [-0.1, -0.05) is 0 Å². The molecule has 1 amide bonds. The van der Waals surface area contributed by atoms with Gasteiger partial charge in [0.25, 0.3) is 5.91 Å². The number of ether oxygens (including phenoxy) is 2. The molecule has 0 aliphatic heterocycles. The van der Waals surface area contributed by atoms with Gasteiger partial charge in [0.05, 0.1) is 19.8 Å². The third-order valence-electron chi connectivity index (χ3n) is 2.68. The zero-order chi connectivity index (χ0) is 14.6. The molecule has 0 atom stereocenters. The van der Waals surface area contributed by atoms with Gasteiger partial charge in [-0.15, -0.1) is 0 Å². The van der Waals surface area contributed by atoms with E-state index in [1.807, 2.05) is 0 Å². The number of carbonyl (C=O) groups is 1. The molecular formula is C13H19FN2O3. The minimum absolute atomic E-state index is 0.112. The smallest absolute Gasteiger partial charge is 0.254 e. The summed E-state index contributed by atoms with van der Waals surface area (Å²) in [5, 5.41) is 2.65. The molecule has 0 spiro atoms. The van der Waals surface area contributed by atoms with Crippen LogP contribution in [-0.2, 0) is 0 Å². The Bertz CT molecular complexity index is 475. The number of carbonyl (C=O) groups excluding carboxylic acids is 1. The van der Waals surface area contributed by atoms with Crippen molar-refractivity contribution in [1.29, 1.82) is 0 Å². The van der Waals surface area contributed by atoms with Gasteiger partial charge in [0.2, 0.25) is 0 Å². The van der Waals surface area contributed by atoms with E-state index >= 15 is 0 Å². The van der Waals surface area contributed by atoms with Crippen molar-refractivity contribution >= 4 is 5.91 Å². The van der Waals surface area contributed by atoms with E-state index < -0.39 is 17.3 Å². The van der Waals surface area contributed by atoms with Crippen LogP contribution in [-0.4, -0.2) is 32.2 Å². The summed E-state index contributed by atoms with van der Waals surface area (Å²) >= 11 is 0. The summed E-state index contributed by atoms with van der Waals surface area (Å²) in [7, 11) is 2.82. The van der Waals surface area contributed by atoms with Crippen LogP contribution in [0.2, 0.25) is 0 Å². The van der Waals surface area contributed by atoms with Crippen LogP contribution in [0.4, 0.5) is 4.39 Å². The number of amides is 1. The lowest BCUT2D eigenvalue weighted by Gasteiger charge is -2.24. The highest BCUT2D eigenvalue weighted by Crippen LogP contribution is 2.29. The second kappa shape index (κ2) is 5.88. The summed E-state index contributed by atoms with van der Waals surface area (Å²) in [4.78, 5) is 12.0. The lowest BCUT2D eigenvalue weighted by atomic mass is 10.0. The fourth-order valence-corrected chi connectivity index (χ4v) is 1.45. The summed E-state index contributed by atoms with van der Waals surface area (Å²) < 4.78 is 23.9. The Morgan fingerprint density at radius 2 is 1.84 bits per heavy atom. The predicted octanol–water partition coefficient (Wildman–Crippen LogP) is 1.31. The Morgan fingerprint density at radius 3 is 2.32 bits per heavy atom. The number of hydrogen-bond donors (Lipinski definition) is 2. The maximum absolute atomic E-state index is 13.9. The van der Waals surface area contributed by atoms with E-state index in [0.29, 0.717) is 5.75 Å². The molecule has 3 N–H and O–H groups in total. The zero-order valence-corrected chi connectivity index (χ0v) is 11.5. The molecule has 0 unspecified atom stereocenters. The van der Waals surface area contributed by atoms with E-state index in [-0.39, 0.29) is 17.9 Å². The molecule has 1 aromatic carbocycles. The van der Waals surface area contributed by atoms with Crippen molar-refractivity contribution in [3.63, 3.8) is 0 Å². The standard InChI is InChI=1S/C13H19FN2O3/c1-13(2,7-15)16-12(17)8-5-10(18-3)11(19-4)6-9(8)14/h5-6H,7,15H2,1-4H3,(H,16,17). The molecule has 0 saturated carbocycles. The predicted molar refractivity (Wildman–Crippen MR) is 70.1 cm³/mol. The van der Waals surface area contributed by atoms with Crippen LogP contribution in [0.15, 0.2) is 12.1 Å². The van der Waals surface area contributed by atoms with Gasteiger partial charge >= 0.3 is 0 Å². The Kier molecular flexibility index (Phi) is 4.72. The number of benzene rings is 1. The van der Waals surface area contributed by atoms with Crippen LogP contribution < -0.4 is 20.5 Å². The van der Waals surface area contributed by atoms with E-state index in [2.05, 4.69) is 5.32 Å². The quantitative estimate of drug-likeness (QED) is 0.846. The van der Waals surface area contributed by atoms with Crippen LogP contribution in [0, 0.1) is 5.82 Å². The first-order valence-electron chi connectivity index (χ1n) is 5.78. The second-order valence-electron chi connectivity index (χ2n) is 4.73. The number of halogens is 1. The molecule has 0 fully saturated rings. The van der Waals surface area contributed by atoms with Crippen LogP contribution >= 0.6 is 0 Å². The zero-order valence-electron chi connectivity index (χ0n) is 11.5. The number of hydrogen-bond acceptors (Lipinski definition) is 4. The molecule has 0 bridgehead atoms. The van der Waals surface area contributed by atoms with E-state index in [4.69, 9.17) is 15.2 Å². The molecule has 0 aromatic heterocycles. The van der Waals surface area contributed by atoms with E-state index in [1.54, 1.807) is 13.8 Å². The van der Waals surface area contributed by atoms with E-state index in [0.717, 1.165) is 6.07 Å². The number of rotatable bonds is 5. The van der Waals surface area contributed by atoms with Crippen molar-refractivity contribution in [2.45, 2.75) is 19.4 Å². The summed E-state index contributed by atoms with van der Waals surface area (Å²) in [5.41, 5.74) is 4.79. The maximum atomic E-state index is 13.9. The highest BCUT2D eigenvalue weighted by Gasteiger charge is 2.23. The van der Waals surface area contributed by atoms with Gasteiger partial charge < -0.3 is 20.5 Å². The summed E-state index contributed by atoms with van der Waals surface area (Å²) in [6.45, 7) is 3.75. The minimum Gasteiger partial charge on any atom is -0.493 e. The fraction of sp³-hybridized carbons (Fsp3) is 0.462. The van der Waals surface area contributed by atoms with Crippen molar-refractivity contribution in [3.05, 3.63) is 23.5 Å². The summed E-state index contributed by atoms with van der Waals surface area (Å²) in [6, 6.07) is 2.42. The van der Waals surface area contributed by atoms with Gasteiger partial charge in [0.1, 0.15) is 5.82 Å². The van der Waals surface area contributed by atoms with Gasteiger partial charge in [-0.05, 0) is 19.9 Å². The van der Waals surface area contributed by atoms with Gasteiger partial charge in [0.15, 0.2) is 11.5 Å². The molecule has 0 saturated heterocycles. The minimum atomic E-state index is -0.678. The third kappa shape index (κ3) is 3.57. The molecule has 0 aliphatic carbocycles. The first-order valence-corrected chi connectivity index (χ1v) is 5.78. The molecular weight excluding hydrogens is 251 g/mol. The lowest BCUT2D eigenvalue weighted by Crippen LogP contribution is -2.49. The highest BCUT2D eigenvalue weighted by atomic mass is 19.1. The molecule has 0 radical (unpaired) electrons. The SMILES string of the molecule is COc1cc(F)c(C(=O)NC(C)(C)CN)cc1OC. The molecule has 106 valence electrons. The molecule has 1 rings (SSSR count). The highest BCUT2D eigenvalue weighted by molar-refractivity contribution is 5.95. The number of methoxy groups -OCH3 is 2. The van der Waals surface area contributed by atoms with Crippen molar-refractivity contribution in [2.75, 3.05) is 20.8 Å². The van der Waals surface area contributed by atoms with Crippen LogP contribution in [0.25, 0.3) is 0 Å². The molecule has 6 heteroatoms.